The van der Waals surface area contributed by atoms with E-state index in [9.17, 15) is 0 Å². The van der Waals surface area contributed by atoms with Gasteiger partial charge in [0.15, 0.2) is 0 Å². The summed E-state index contributed by atoms with van der Waals surface area (Å²) in [4.78, 5) is 2.30. The Balaban J connectivity index is 1.68. The molecule has 1 aromatic rings. The van der Waals surface area contributed by atoms with Crippen molar-refractivity contribution in [3.05, 3.63) is 29.8 Å². The van der Waals surface area contributed by atoms with Crippen LogP contribution in [-0.2, 0) is 4.74 Å². The van der Waals surface area contributed by atoms with Gasteiger partial charge in [-0.15, -0.1) is 0 Å². The van der Waals surface area contributed by atoms with E-state index in [1.165, 1.54) is 24.1 Å². The molecular weight excluding hydrogens is 224 g/mol. The largest absolute Gasteiger partial charge is 0.377 e. The first-order valence-electron chi connectivity index (χ1n) is 6.86. The van der Waals surface area contributed by atoms with Crippen LogP contribution < -0.4 is 10.2 Å². The molecular formula is C15H24N2O. The summed E-state index contributed by atoms with van der Waals surface area (Å²) in [7, 11) is 2.15. The van der Waals surface area contributed by atoms with Gasteiger partial charge in [0, 0.05) is 39.0 Å². The molecule has 1 unspecified atom stereocenters. The van der Waals surface area contributed by atoms with Gasteiger partial charge in [-0.2, -0.15) is 0 Å². The zero-order valence-corrected chi connectivity index (χ0v) is 11.5. The molecule has 0 radical (unpaired) electrons. The summed E-state index contributed by atoms with van der Waals surface area (Å²) < 4.78 is 5.59. The third-order valence-electron chi connectivity index (χ3n) is 3.55. The fourth-order valence-corrected chi connectivity index (χ4v) is 2.43. The van der Waals surface area contributed by atoms with Crippen LogP contribution in [0, 0.1) is 6.92 Å². The molecule has 0 amide bonds. The maximum Gasteiger partial charge on any atom is 0.0700 e. The number of para-hydroxylation sites is 1. The van der Waals surface area contributed by atoms with E-state index in [4.69, 9.17) is 4.74 Å². The minimum atomic E-state index is 0.439. The Morgan fingerprint density at radius 3 is 2.94 bits per heavy atom. The summed E-state index contributed by atoms with van der Waals surface area (Å²) >= 11 is 0. The molecule has 0 spiro atoms. The Bertz CT molecular complexity index is 361. The minimum absolute atomic E-state index is 0.439. The highest BCUT2D eigenvalue weighted by Crippen LogP contribution is 2.17. The molecule has 1 atom stereocenters. The maximum atomic E-state index is 5.59. The monoisotopic (exact) mass is 248 g/mol. The molecule has 1 aromatic carbocycles. The Morgan fingerprint density at radius 2 is 2.22 bits per heavy atom. The van der Waals surface area contributed by atoms with E-state index in [0.29, 0.717) is 6.10 Å². The molecule has 1 aliphatic rings. The number of hydrogen-bond acceptors (Lipinski definition) is 3. The third kappa shape index (κ3) is 3.72. The van der Waals surface area contributed by atoms with Crippen LogP contribution in [0.3, 0.4) is 0 Å². The van der Waals surface area contributed by atoms with Crippen molar-refractivity contribution in [2.75, 3.05) is 38.2 Å². The number of likely N-dealkylation sites (N-methyl/N-ethyl adjacent to an activating group) is 1. The van der Waals surface area contributed by atoms with Gasteiger partial charge in [0.1, 0.15) is 0 Å². The Kier molecular flexibility index (Phi) is 5.02. The molecule has 1 heterocycles. The van der Waals surface area contributed by atoms with Gasteiger partial charge < -0.3 is 15.0 Å². The average molecular weight is 248 g/mol. The second kappa shape index (κ2) is 6.76. The van der Waals surface area contributed by atoms with Crippen LogP contribution in [0.5, 0.6) is 0 Å². The molecule has 0 bridgehead atoms. The summed E-state index contributed by atoms with van der Waals surface area (Å²) in [5, 5.41) is 3.48. The lowest BCUT2D eigenvalue weighted by Crippen LogP contribution is -2.33. The van der Waals surface area contributed by atoms with E-state index in [-0.39, 0.29) is 0 Å². The highest BCUT2D eigenvalue weighted by atomic mass is 16.5. The normalized spacial score (nSPS) is 19.1. The van der Waals surface area contributed by atoms with Crippen molar-refractivity contribution < 1.29 is 4.74 Å². The molecule has 0 saturated carbocycles. The van der Waals surface area contributed by atoms with E-state index < -0.39 is 0 Å². The van der Waals surface area contributed by atoms with E-state index in [1.54, 1.807) is 0 Å². The highest BCUT2D eigenvalue weighted by molar-refractivity contribution is 5.52. The molecule has 2 rings (SSSR count). The average Bonchev–Trinajstić information content (AvgIpc) is 2.88. The fraction of sp³-hybridized carbons (Fsp3) is 0.600. The summed E-state index contributed by atoms with van der Waals surface area (Å²) in [6.07, 6.45) is 2.87. The van der Waals surface area contributed by atoms with Gasteiger partial charge in [0.2, 0.25) is 0 Å². The van der Waals surface area contributed by atoms with Crippen molar-refractivity contribution in [2.45, 2.75) is 25.9 Å². The van der Waals surface area contributed by atoms with Crippen LogP contribution in [-0.4, -0.2) is 39.4 Å². The summed E-state index contributed by atoms with van der Waals surface area (Å²) in [6, 6.07) is 8.52. The van der Waals surface area contributed by atoms with Crippen LogP contribution in [0.2, 0.25) is 0 Å². The highest BCUT2D eigenvalue weighted by Gasteiger charge is 2.14. The first kappa shape index (κ1) is 13.4. The van der Waals surface area contributed by atoms with Crippen LogP contribution >= 0.6 is 0 Å². The number of ether oxygens (including phenoxy) is 1. The number of nitrogens with zero attached hydrogens (tertiary/aromatic N) is 1. The third-order valence-corrected chi connectivity index (χ3v) is 3.55. The summed E-state index contributed by atoms with van der Waals surface area (Å²) in [6.45, 7) is 6.12. The minimum Gasteiger partial charge on any atom is -0.377 e. The lowest BCUT2D eigenvalue weighted by Gasteiger charge is -2.22. The van der Waals surface area contributed by atoms with Crippen LogP contribution in [0.1, 0.15) is 18.4 Å². The Hall–Kier alpha value is -1.06. The van der Waals surface area contributed by atoms with Crippen LogP contribution in [0.15, 0.2) is 24.3 Å². The van der Waals surface area contributed by atoms with E-state index >= 15 is 0 Å². The number of benzene rings is 1. The summed E-state index contributed by atoms with van der Waals surface area (Å²) in [5.74, 6) is 0. The van der Waals surface area contributed by atoms with Gasteiger partial charge in [0.05, 0.1) is 6.10 Å². The van der Waals surface area contributed by atoms with Gasteiger partial charge in [-0.3, -0.25) is 0 Å². The number of aryl methyl sites for hydroxylation is 1. The molecule has 0 aromatic heterocycles. The summed E-state index contributed by atoms with van der Waals surface area (Å²) in [5.41, 5.74) is 2.65. The van der Waals surface area contributed by atoms with Gasteiger partial charge in [0.25, 0.3) is 0 Å². The van der Waals surface area contributed by atoms with Gasteiger partial charge in [-0.1, -0.05) is 18.2 Å². The molecule has 3 nitrogen and oxygen atoms in total. The SMILES string of the molecule is Cc1ccccc1N(C)CCNCC1CCCO1. The molecule has 1 fully saturated rings. The lowest BCUT2D eigenvalue weighted by atomic mass is 10.2. The van der Waals surface area contributed by atoms with Crippen molar-refractivity contribution in [1.82, 2.24) is 5.32 Å². The molecule has 1 saturated heterocycles. The molecule has 1 aliphatic heterocycles. The van der Waals surface area contributed by atoms with Gasteiger partial charge in [-0.05, 0) is 31.4 Å². The predicted molar refractivity (Wildman–Crippen MR) is 76.3 cm³/mol. The standard InChI is InChI=1S/C15H24N2O/c1-13-6-3-4-8-15(13)17(2)10-9-16-12-14-7-5-11-18-14/h3-4,6,8,14,16H,5,7,9-12H2,1-2H3. The fourth-order valence-electron chi connectivity index (χ4n) is 2.43. The van der Waals surface area contributed by atoms with E-state index in [1.807, 2.05) is 0 Å². The quantitative estimate of drug-likeness (QED) is 0.781. The van der Waals surface area contributed by atoms with E-state index in [0.717, 1.165) is 26.2 Å². The number of nitrogens with one attached hydrogen (secondary N) is 1. The molecule has 0 aliphatic carbocycles. The maximum absolute atomic E-state index is 5.59. The smallest absolute Gasteiger partial charge is 0.0700 e. The lowest BCUT2D eigenvalue weighted by molar-refractivity contribution is 0.110. The second-order valence-electron chi connectivity index (χ2n) is 5.05. The predicted octanol–water partition coefficient (Wildman–Crippen LogP) is 2.20. The van der Waals surface area contributed by atoms with Crippen LogP contribution in [0.4, 0.5) is 5.69 Å². The zero-order valence-electron chi connectivity index (χ0n) is 11.5. The molecule has 3 heteroatoms. The molecule has 100 valence electrons. The molecule has 1 N–H and O–H groups in total. The first-order valence-corrected chi connectivity index (χ1v) is 6.86. The Morgan fingerprint density at radius 1 is 1.39 bits per heavy atom. The van der Waals surface area contributed by atoms with Crippen LogP contribution in [0.25, 0.3) is 0 Å². The molecule has 18 heavy (non-hydrogen) atoms. The number of anilines is 1. The van der Waals surface area contributed by atoms with Crippen molar-refractivity contribution in [2.24, 2.45) is 0 Å². The Labute approximate surface area is 110 Å². The number of hydrogen-bond donors (Lipinski definition) is 1. The second-order valence-corrected chi connectivity index (χ2v) is 5.05. The van der Waals surface area contributed by atoms with Gasteiger partial charge in [-0.25, -0.2) is 0 Å². The van der Waals surface area contributed by atoms with Gasteiger partial charge >= 0.3 is 0 Å². The van der Waals surface area contributed by atoms with E-state index in [2.05, 4.69) is 48.5 Å². The number of rotatable bonds is 6. The van der Waals surface area contributed by atoms with Crippen molar-refractivity contribution in [1.29, 1.82) is 0 Å². The first-order chi connectivity index (χ1) is 8.77. The van der Waals surface area contributed by atoms with Crippen molar-refractivity contribution in [3.8, 4) is 0 Å². The van der Waals surface area contributed by atoms with Crippen molar-refractivity contribution >= 4 is 5.69 Å². The zero-order chi connectivity index (χ0) is 12.8. The van der Waals surface area contributed by atoms with Crippen molar-refractivity contribution in [3.63, 3.8) is 0 Å². The topological polar surface area (TPSA) is 24.5 Å².